The Bertz CT molecular complexity index is 561. The lowest BCUT2D eigenvalue weighted by molar-refractivity contribution is 0.588. The first-order valence-corrected chi connectivity index (χ1v) is 5.89. The summed E-state index contributed by atoms with van der Waals surface area (Å²) in [5.41, 5.74) is 0.694. The number of sulfonamides is 1. The molecule has 1 heterocycles. The van der Waals surface area contributed by atoms with E-state index in [1.807, 2.05) is 0 Å². The van der Waals surface area contributed by atoms with Gasteiger partial charge in [0.1, 0.15) is 6.33 Å². The monoisotopic (exact) mass is 239 g/mol. The highest BCUT2D eigenvalue weighted by Crippen LogP contribution is 2.11. The van der Waals surface area contributed by atoms with Crippen LogP contribution in [-0.2, 0) is 10.0 Å². The summed E-state index contributed by atoms with van der Waals surface area (Å²) in [6.45, 7) is 0. The maximum atomic E-state index is 11.4. The maximum absolute atomic E-state index is 11.4. The van der Waals surface area contributed by atoms with Crippen molar-refractivity contribution in [3.8, 4) is 5.69 Å². The van der Waals surface area contributed by atoms with E-state index in [0.717, 1.165) is 0 Å². The van der Waals surface area contributed by atoms with Crippen molar-refractivity contribution in [2.75, 3.05) is 7.05 Å². The molecule has 0 saturated carbocycles. The van der Waals surface area contributed by atoms with E-state index < -0.39 is 10.0 Å². The van der Waals surface area contributed by atoms with Gasteiger partial charge in [-0.3, -0.25) is 0 Å². The van der Waals surface area contributed by atoms with Gasteiger partial charge in [-0.1, -0.05) is 0 Å². The number of rotatable bonds is 3. The van der Waals surface area contributed by atoms with Crippen molar-refractivity contribution in [3.63, 3.8) is 0 Å². The first-order valence-electron chi connectivity index (χ1n) is 4.40. The van der Waals surface area contributed by atoms with Crippen molar-refractivity contribution < 1.29 is 8.42 Å². The highest BCUT2D eigenvalue weighted by atomic mass is 32.2. The summed E-state index contributed by atoms with van der Waals surface area (Å²) in [4.78, 5) is 0.201. The molecule has 84 valence electrons. The smallest absolute Gasteiger partial charge is 0.214 e. The van der Waals surface area contributed by atoms with Crippen LogP contribution in [0, 0.1) is 0 Å². The molecule has 2 rings (SSSR count). The normalized spacial score (nSPS) is 11.6. The van der Waals surface area contributed by atoms with Crippen LogP contribution < -0.4 is 4.72 Å². The van der Waals surface area contributed by atoms with Crippen LogP contribution in [0.2, 0.25) is 0 Å². The molecule has 0 aliphatic heterocycles. The molecule has 0 unspecified atom stereocenters. The second-order valence-electron chi connectivity index (χ2n) is 2.96. The Balaban J connectivity index is 2.38. The molecule has 16 heavy (non-hydrogen) atoms. The van der Waals surface area contributed by atoms with Crippen molar-refractivity contribution >= 4 is 10.0 Å². The van der Waals surface area contributed by atoms with E-state index in [4.69, 9.17) is 0 Å². The average Bonchev–Trinajstić information content (AvgIpc) is 2.83. The summed E-state index contributed by atoms with van der Waals surface area (Å²) in [5, 5.41) is 10.7. The molecule has 1 aromatic heterocycles. The molecule has 2 aromatic rings. The van der Waals surface area contributed by atoms with Crippen LogP contribution in [0.4, 0.5) is 0 Å². The van der Waals surface area contributed by atoms with Gasteiger partial charge in [-0.25, -0.2) is 17.8 Å². The van der Waals surface area contributed by atoms with Crippen molar-refractivity contribution in [1.82, 2.24) is 24.9 Å². The standard InChI is InChI=1S/C8H9N5O2S/c1-9-16(14,15)8-4-2-7(3-5-8)13-6-10-11-12-13/h2-6,9H,1H3. The summed E-state index contributed by atoms with van der Waals surface area (Å²) in [6.07, 6.45) is 1.43. The Morgan fingerprint density at radius 3 is 2.44 bits per heavy atom. The fourth-order valence-corrected chi connectivity index (χ4v) is 1.91. The molecule has 1 N–H and O–H groups in total. The van der Waals surface area contributed by atoms with E-state index >= 15 is 0 Å². The van der Waals surface area contributed by atoms with Gasteiger partial charge in [0.05, 0.1) is 10.6 Å². The van der Waals surface area contributed by atoms with Gasteiger partial charge in [0.25, 0.3) is 0 Å². The topological polar surface area (TPSA) is 89.8 Å². The Kier molecular flexibility index (Phi) is 2.67. The zero-order chi connectivity index (χ0) is 11.6. The third-order valence-electron chi connectivity index (χ3n) is 2.03. The van der Waals surface area contributed by atoms with E-state index in [0.29, 0.717) is 5.69 Å². The fourth-order valence-electron chi connectivity index (χ4n) is 1.18. The Morgan fingerprint density at radius 1 is 1.25 bits per heavy atom. The van der Waals surface area contributed by atoms with Gasteiger partial charge in [-0.15, -0.1) is 5.10 Å². The van der Waals surface area contributed by atoms with Gasteiger partial charge in [-0.2, -0.15) is 0 Å². The lowest BCUT2D eigenvalue weighted by Crippen LogP contribution is -2.18. The summed E-state index contributed by atoms with van der Waals surface area (Å²) in [6, 6.07) is 6.23. The minimum absolute atomic E-state index is 0.201. The molecule has 0 atom stereocenters. The molecule has 0 fully saturated rings. The van der Waals surface area contributed by atoms with E-state index in [9.17, 15) is 8.42 Å². The summed E-state index contributed by atoms with van der Waals surface area (Å²) >= 11 is 0. The Hall–Kier alpha value is -1.80. The van der Waals surface area contributed by atoms with Crippen molar-refractivity contribution in [1.29, 1.82) is 0 Å². The molecular weight excluding hydrogens is 230 g/mol. The molecule has 0 aliphatic carbocycles. The van der Waals surface area contributed by atoms with Gasteiger partial charge in [-0.05, 0) is 41.7 Å². The molecule has 1 aromatic carbocycles. The lowest BCUT2D eigenvalue weighted by atomic mass is 10.3. The molecule has 0 aliphatic rings. The first-order chi connectivity index (χ1) is 7.63. The zero-order valence-electron chi connectivity index (χ0n) is 8.40. The van der Waals surface area contributed by atoms with Crippen LogP contribution in [0.25, 0.3) is 5.69 Å². The Morgan fingerprint density at radius 2 is 1.94 bits per heavy atom. The van der Waals surface area contributed by atoms with Gasteiger partial charge < -0.3 is 0 Å². The van der Waals surface area contributed by atoms with Gasteiger partial charge in [0, 0.05) is 0 Å². The van der Waals surface area contributed by atoms with Crippen molar-refractivity contribution in [3.05, 3.63) is 30.6 Å². The number of benzene rings is 1. The van der Waals surface area contributed by atoms with Crippen LogP contribution >= 0.6 is 0 Å². The van der Waals surface area contributed by atoms with Gasteiger partial charge in [0.15, 0.2) is 0 Å². The maximum Gasteiger partial charge on any atom is 0.240 e. The fraction of sp³-hybridized carbons (Fsp3) is 0.125. The van der Waals surface area contributed by atoms with E-state index in [1.165, 1.54) is 30.2 Å². The summed E-state index contributed by atoms with van der Waals surface area (Å²) in [7, 11) is -2.03. The second kappa shape index (κ2) is 3.99. The van der Waals surface area contributed by atoms with Gasteiger partial charge in [0.2, 0.25) is 10.0 Å². The average molecular weight is 239 g/mol. The van der Waals surface area contributed by atoms with Crippen LogP contribution in [0.3, 0.4) is 0 Å². The minimum atomic E-state index is -3.39. The van der Waals surface area contributed by atoms with Gasteiger partial charge >= 0.3 is 0 Å². The van der Waals surface area contributed by atoms with Crippen LogP contribution in [0.15, 0.2) is 35.5 Å². The van der Waals surface area contributed by atoms with Crippen molar-refractivity contribution in [2.24, 2.45) is 0 Å². The number of nitrogens with one attached hydrogen (secondary N) is 1. The third-order valence-corrected chi connectivity index (χ3v) is 3.46. The highest BCUT2D eigenvalue weighted by Gasteiger charge is 2.10. The number of hydrogen-bond donors (Lipinski definition) is 1. The third kappa shape index (κ3) is 1.92. The van der Waals surface area contributed by atoms with Crippen LogP contribution in [0.5, 0.6) is 0 Å². The summed E-state index contributed by atoms with van der Waals surface area (Å²) < 4.78 is 26.6. The predicted octanol–water partition coefficient (Wildman–Crippen LogP) is -0.430. The zero-order valence-corrected chi connectivity index (χ0v) is 9.22. The van der Waals surface area contributed by atoms with Crippen LogP contribution in [-0.4, -0.2) is 35.7 Å². The molecule has 0 radical (unpaired) electrons. The first kappa shape index (κ1) is 10.7. The molecule has 0 spiro atoms. The quantitative estimate of drug-likeness (QED) is 0.785. The molecule has 7 nitrogen and oxygen atoms in total. The molecular formula is C8H9N5O2S. The second-order valence-corrected chi connectivity index (χ2v) is 4.84. The molecule has 0 amide bonds. The van der Waals surface area contributed by atoms with Crippen LogP contribution in [0.1, 0.15) is 0 Å². The SMILES string of the molecule is CNS(=O)(=O)c1ccc(-n2cnnn2)cc1. The number of aromatic nitrogens is 4. The summed E-state index contributed by atoms with van der Waals surface area (Å²) in [5.74, 6) is 0. The highest BCUT2D eigenvalue weighted by molar-refractivity contribution is 7.89. The van der Waals surface area contributed by atoms with E-state index in [1.54, 1.807) is 12.1 Å². The number of hydrogen-bond acceptors (Lipinski definition) is 5. The predicted molar refractivity (Wildman–Crippen MR) is 55.4 cm³/mol. The molecule has 0 bridgehead atoms. The van der Waals surface area contributed by atoms with Crippen molar-refractivity contribution in [2.45, 2.75) is 4.90 Å². The number of nitrogens with zero attached hydrogens (tertiary/aromatic N) is 4. The molecule has 0 saturated heterocycles. The van der Waals surface area contributed by atoms with E-state index in [2.05, 4.69) is 20.2 Å². The number of tetrazole rings is 1. The minimum Gasteiger partial charge on any atom is -0.214 e. The molecule has 8 heteroatoms. The Labute approximate surface area is 92.1 Å². The lowest BCUT2D eigenvalue weighted by Gasteiger charge is -2.03. The van der Waals surface area contributed by atoms with E-state index in [-0.39, 0.29) is 4.90 Å². The largest absolute Gasteiger partial charge is 0.240 e.